The van der Waals surface area contributed by atoms with Gasteiger partial charge in [-0.3, -0.25) is 9.69 Å². The molecule has 25 heavy (non-hydrogen) atoms. The zero-order valence-electron chi connectivity index (χ0n) is 16.8. The number of piperidine rings is 1. The van der Waals surface area contributed by atoms with Crippen LogP contribution in [0.1, 0.15) is 59.3 Å². The van der Waals surface area contributed by atoms with E-state index in [4.69, 9.17) is 0 Å². The van der Waals surface area contributed by atoms with Gasteiger partial charge in [0.05, 0.1) is 0 Å². The maximum atomic E-state index is 11.4. The molecule has 0 bridgehead atoms. The number of likely N-dealkylation sites (tertiary alicyclic amines) is 1. The molecule has 2 heterocycles. The number of hydrogen-bond donors (Lipinski definition) is 0. The van der Waals surface area contributed by atoms with Crippen molar-refractivity contribution in [3.8, 4) is 0 Å². The van der Waals surface area contributed by atoms with E-state index < -0.39 is 0 Å². The van der Waals surface area contributed by atoms with Crippen LogP contribution in [0.25, 0.3) is 0 Å². The van der Waals surface area contributed by atoms with Crippen LogP contribution in [-0.2, 0) is 4.79 Å². The van der Waals surface area contributed by atoms with Gasteiger partial charge in [-0.1, -0.05) is 13.8 Å². The first-order chi connectivity index (χ1) is 12.0. The third-order valence-electron chi connectivity index (χ3n) is 7.18. The van der Waals surface area contributed by atoms with Crippen LogP contribution in [-0.4, -0.2) is 72.5 Å². The van der Waals surface area contributed by atoms with Gasteiger partial charge in [0.1, 0.15) is 0 Å². The molecule has 0 N–H and O–H groups in total. The highest BCUT2D eigenvalue weighted by atomic mass is 16.2. The van der Waals surface area contributed by atoms with Gasteiger partial charge in [-0.05, 0) is 69.4 Å². The van der Waals surface area contributed by atoms with Crippen molar-refractivity contribution in [2.24, 2.45) is 17.8 Å². The lowest BCUT2D eigenvalue weighted by atomic mass is 9.78. The van der Waals surface area contributed by atoms with Crippen molar-refractivity contribution >= 4 is 5.91 Å². The van der Waals surface area contributed by atoms with Crippen molar-refractivity contribution in [1.82, 2.24) is 14.7 Å². The minimum Gasteiger partial charge on any atom is -0.340 e. The summed E-state index contributed by atoms with van der Waals surface area (Å²) in [6.07, 6.45) is 8.50. The summed E-state index contributed by atoms with van der Waals surface area (Å²) in [6.45, 7) is 14.3. The van der Waals surface area contributed by atoms with Crippen molar-refractivity contribution in [3.05, 3.63) is 0 Å². The van der Waals surface area contributed by atoms with Gasteiger partial charge in [0.15, 0.2) is 0 Å². The Balaban J connectivity index is 1.35. The second kappa shape index (κ2) is 8.85. The summed E-state index contributed by atoms with van der Waals surface area (Å²) in [6, 6.07) is 0.870. The Kier molecular flexibility index (Phi) is 6.79. The largest absolute Gasteiger partial charge is 0.340 e. The highest BCUT2D eigenvalue weighted by Crippen LogP contribution is 2.33. The minimum absolute atomic E-state index is 0.236. The van der Waals surface area contributed by atoms with Crippen LogP contribution in [0.3, 0.4) is 0 Å². The van der Waals surface area contributed by atoms with Gasteiger partial charge in [-0.2, -0.15) is 0 Å². The van der Waals surface area contributed by atoms with Gasteiger partial charge in [0.25, 0.3) is 0 Å². The second-order valence-corrected chi connectivity index (χ2v) is 9.10. The molecule has 0 atom stereocenters. The Morgan fingerprint density at radius 2 is 1.48 bits per heavy atom. The van der Waals surface area contributed by atoms with Crippen LogP contribution in [0.15, 0.2) is 0 Å². The molecule has 2 aliphatic heterocycles. The standard InChI is InChI=1S/C21H39N3O/c1-17(2)20-4-6-21(7-5-20)24-10-8-19(9-11-24)16-22-12-14-23(15-13-22)18(3)25/h17,19-21H,4-16H2,1-3H3. The normalized spacial score (nSPS) is 30.8. The Hall–Kier alpha value is -0.610. The molecular formula is C21H39N3O. The predicted molar refractivity (Wildman–Crippen MR) is 104 cm³/mol. The second-order valence-electron chi connectivity index (χ2n) is 9.10. The van der Waals surface area contributed by atoms with E-state index >= 15 is 0 Å². The van der Waals surface area contributed by atoms with E-state index in [-0.39, 0.29) is 5.91 Å². The zero-order chi connectivity index (χ0) is 17.8. The quantitative estimate of drug-likeness (QED) is 0.780. The molecule has 3 fully saturated rings. The number of nitrogens with zero attached hydrogens (tertiary/aromatic N) is 3. The zero-order valence-corrected chi connectivity index (χ0v) is 16.8. The number of amides is 1. The Morgan fingerprint density at radius 1 is 0.880 bits per heavy atom. The molecule has 0 radical (unpaired) electrons. The molecule has 3 rings (SSSR count). The summed E-state index contributed by atoms with van der Waals surface area (Å²) in [5, 5.41) is 0. The molecule has 0 unspecified atom stereocenters. The fourth-order valence-corrected chi connectivity index (χ4v) is 5.24. The first-order valence-electron chi connectivity index (χ1n) is 10.7. The molecule has 1 aliphatic carbocycles. The van der Waals surface area contributed by atoms with E-state index in [1.54, 1.807) is 6.92 Å². The molecule has 4 nitrogen and oxygen atoms in total. The Morgan fingerprint density at radius 3 is 2.00 bits per heavy atom. The van der Waals surface area contributed by atoms with Gasteiger partial charge in [-0.15, -0.1) is 0 Å². The molecule has 1 saturated carbocycles. The third kappa shape index (κ3) is 5.19. The summed E-state index contributed by atoms with van der Waals surface area (Å²) in [7, 11) is 0. The molecule has 0 spiro atoms. The van der Waals surface area contributed by atoms with Gasteiger partial charge < -0.3 is 9.80 Å². The fraction of sp³-hybridized carbons (Fsp3) is 0.952. The maximum absolute atomic E-state index is 11.4. The van der Waals surface area contributed by atoms with Crippen LogP contribution < -0.4 is 0 Å². The van der Waals surface area contributed by atoms with Crippen molar-refractivity contribution < 1.29 is 4.79 Å². The summed E-state index contributed by atoms with van der Waals surface area (Å²) < 4.78 is 0. The van der Waals surface area contributed by atoms with Gasteiger partial charge in [-0.25, -0.2) is 0 Å². The molecule has 3 aliphatic rings. The minimum atomic E-state index is 0.236. The number of piperazine rings is 1. The highest BCUT2D eigenvalue weighted by Gasteiger charge is 2.30. The van der Waals surface area contributed by atoms with Crippen LogP contribution >= 0.6 is 0 Å². The molecule has 2 saturated heterocycles. The van der Waals surface area contributed by atoms with E-state index in [0.717, 1.165) is 50.0 Å². The van der Waals surface area contributed by atoms with E-state index in [9.17, 15) is 4.79 Å². The Labute approximate surface area is 154 Å². The van der Waals surface area contributed by atoms with E-state index in [2.05, 4.69) is 23.6 Å². The molecular weight excluding hydrogens is 310 g/mol. The number of carbonyl (C=O) groups excluding carboxylic acids is 1. The topological polar surface area (TPSA) is 26.8 Å². The summed E-state index contributed by atoms with van der Waals surface area (Å²) >= 11 is 0. The SMILES string of the molecule is CC(=O)N1CCN(CC2CCN(C3CCC(C(C)C)CC3)CC2)CC1. The van der Waals surface area contributed by atoms with Gasteiger partial charge >= 0.3 is 0 Å². The van der Waals surface area contributed by atoms with Crippen molar-refractivity contribution in [3.63, 3.8) is 0 Å². The van der Waals surface area contributed by atoms with Crippen molar-refractivity contribution in [2.45, 2.75) is 65.3 Å². The molecule has 0 aromatic heterocycles. The molecule has 0 aromatic carbocycles. The number of rotatable bonds is 4. The third-order valence-corrected chi connectivity index (χ3v) is 7.18. The van der Waals surface area contributed by atoms with Crippen LogP contribution in [0.4, 0.5) is 0 Å². The number of carbonyl (C=O) groups is 1. The first kappa shape index (κ1) is 19.2. The van der Waals surface area contributed by atoms with Crippen LogP contribution in [0.2, 0.25) is 0 Å². The average Bonchev–Trinajstić information content (AvgIpc) is 2.63. The lowest BCUT2D eigenvalue weighted by Crippen LogP contribution is -2.50. The van der Waals surface area contributed by atoms with Crippen LogP contribution in [0, 0.1) is 17.8 Å². The van der Waals surface area contributed by atoms with Gasteiger partial charge in [0, 0.05) is 45.7 Å². The molecule has 144 valence electrons. The van der Waals surface area contributed by atoms with Crippen molar-refractivity contribution in [1.29, 1.82) is 0 Å². The predicted octanol–water partition coefficient (Wildman–Crippen LogP) is 3.08. The highest BCUT2D eigenvalue weighted by molar-refractivity contribution is 5.73. The number of hydrogen-bond acceptors (Lipinski definition) is 3. The summed E-state index contributed by atoms with van der Waals surface area (Å²) in [4.78, 5) is 18.8. The lowest BCUT2D eigenvalue weighted by Gasteiger charge is -2.43. The smallest absolute Gasteiger partial charge is 0.219 e. The van der Waals surface area contributed by atoms with E-state index in [1.807, 2.05) is 4.90 Å². The maximum Gasteiger partial charge on any atom is 0.219 e. The van der Waals surface area contributed by atoms with Gasteiger partial charge in [0.2, 0.25) is 5.91 Å². The fourth-order valence-electron chi connectivity index (χ4n) is 5.24. The lowest BCUT2D eigenvalue weighted by molar-refractivity contribution is -0.130. The average molecular weight is 350 g/mol. The monoisotopic (exact) mass is 349 g/mol. The summed E-state index contributed by atoms with van der Waals surface area (Å²) in [5.74, 6) is 2.95. The summed E-state index contributed by atoms with van der Waals surface area (Å²) in [5.41, 5.74) is 0. The first-order valence-corrected chi connectivity index (χ1v) is 10.7. The van der Waals surface area contributed by atoms with E-state index in [1.165, 1.54) is 58.2 Å². The molecule has 0 aromatic rings. The van der Waals surface area contributed by atoms with Crippen molar-refractivity contribution in [2.75, 3.05) is 45.8 Å². The van der Waals surface area contributed by atoms with Crippen LogP contribution in [0.5, 0.6) is 0 Å². The molecule has 4 heteroatoms. The van der Waals surface area contributed by atoms with E-state index in [0.29, 0.717) is 0 Å². The molecule has 1 amide bonds. The Bertz CT molecular complexity index is 415.